The Balaban J connectivity index is 2.20. The molecule has 0 atom stereocenters. The predicted octanol–water partition coefficient (Wildman–Crippen LogP) is 3.96. The molecule has 0 heterocycles. The van der Waals surface area contributed by atoms with E-state index in [2.05, 4.69) is 5.32 Å². The molecule has 8 heteroatoms. The maximum absolute atomic E-state index is 12.3. The molecule has 2 aromatic carbocycles. The van der Waals surface area contributed by atoms with Crippen LogP contribution in [-0.4, -0.2) is 27.1 Å². The molecule has 1 N–H and O–H groups in total. The van der Waals surface area contributed by atoms with Gasteiger partial charge in [-0.25, -0.2) is 8.42 Å². The summed E-state index contributed by atoms with van der Waals surface area (Å²) in [5.41, 5.74) is 1.91. The van der Waals surface area contributed by atoms with Gasteiger partial charge in [0.25, 0.3) is 0 Å². The van der Waals surface area contributed by atoms with Crippen molar-refractivity contribution in [3.8, 4) is 0 Å². The van der Waals surface area contributed by atoms with Crippen molar-refractivity contribution in [1.82, 2.24) is 0 Å². The molecule has 0 radical (unpaired) electrons. The molecule has 25 heavy (non-hydrogen) atoms. The van der Waals surface area contributed by atoms with Gasteiger partial charge in [-0.05, 0) is 42.3 Å². The summed E-state index contributed by atoms with van der Waals surface area (Å²) in [6.07, 6.45) is 1.90. The Kier molecular flexibility index (Phi) is 6.32. The Hall–Kier alpha value is -1.76. The Bertz CT molecular complexity index is 848. The first-order chi connectivity index (χ1) is 11.7. The summed E-state index contributed by atoms with van der Waals surface area (Å²) in [6, 6.07) is 11.6. The summed E-state index contributed by atoms with van der Waals surface area (Å²) in [6.45, 7) is 1.65. The van der Waals surface area contributed by atoms with Crippen LogP contribution >= 0.6 is 23.2 Å². The lowest BCUT2D eigenvalue weighted by atomic mass is 10.1. The van der Waals surface area contributed by atoms with E-state index < -0.39 is 15.9 Å². The molecule has 134 valence electrons. The molecule has 0 saturated heterocycles. The lowest BCUT2D eigenvalue weighted by molar-refractivity contribution is -0.114. The molecule has 0 saturated carbocycles. The first kappa shape index (κ1) is 19.6. The summed E-state index contributed by atoms with van der Waals surface area (Å²) in [4.78, 5) is 12.3. The van der Waals surface area contributed by atoms with Gasteiger partial charge in [0.2, 0.25) is 15.9 Å². The Morgan fingerprint density at radius 1 is 1.08 bits per heavy atom. The minimum Gasteiger partial charge on any atom is -0.324 e. The van der Waals surface area contributed by atoms with Crippen LogP contribution in [-0.2, 0) is 21.2 Å². The number of sulfonamides is 1. The van der Waals surface area contributed by atoms with E-state index in [4.69, 9.17) is 23.2 Å². The number of hydrogen-bond acceptors (Lipinski definition) is 3. The van der Waals surface area contributed by atoms with Gasteiger partial charge in [0.05, 0.1) is 11.9 Å². The van der Waals surface area contributed by atoms with Crippen LogP contribution in [0.2, 0.25) is 10.0 Å². The predicted molar refractivity (Wildman–Crippen MR) is 103 cm³/mol. The van der Waals surface area contributed by atoms with Crippen LogP contribution in [0.4, 0.5) is 11.4 Å². The zero-order valence-corrected chi connectivity index (χ0v) is 16.1. The second-order valence-corrected chi connectivity index (χ2v) is 8.28. The lowest BCUT2D eigenvalue weighted by Crippen LogP contribution is -2.37. The normalized spacial score (nSPS) is 11.2. The highest BCUT2D eigenvalue weighted by atomic mass is 35.5. The molecule has 0 fully saturated rings. The monoisotopic (exact) mass is 400 g/mol. The third-order valence-electron chi connectivity index (χ3n) is 3.47. The second kappa shape index (κ2) is 8.08. The highest BCUT2D eigenvalue weighted by Gasteiger charge is 2.21. The number of hydrogen-bond donors (Lipinski definition) is 1. The van der Waals surface area contributed by atoms with Gasteiger partial charge in [0.15, 0.2) is 0 Å². The minimum absolute atomic E-state index is 0.353. The lowest BCUT2D eigenvalue weighted by Gasteiger charge is -2.22. The fourth-order valence-corrected chi connectivity index (χ4v) is 3.64. The van der Waals surface area contributed by atoms with E-state index in [0.717, 1.165) is 22.5 Å². The fraction of sp³-hybridized carbons (Fsp3) is 0.235. The molecular weight excluding hydrogens is 383 g/mol. The van der Waals surface area contributed by atoms with Gasteiger partial charge in [0, 0.05) is 15.7 Å². The third kappa shape index (κ3) is 5.63. The first-order valence-electron chi connectivity index (χ1n) is 7.51. The highest BCUT2D eigenvalue weighted by molar-refractivity contribution is 7.92. The van der Waals surface area contributed by atoms with Gasteiger partial charge in [-0.15, -0.1) is 0 Å². The number of nitrogens with one attached hydrogen (secondary N) is 1. The van der Waals surface area contributed by atoms with E-state index in [-0.39, 0.29) is 6.54 Å². The molecule has 0 bridgehead atoms. The van der Waals surface area contributed by atoms with Gasteiger partial charge in [-0.2, -0.15) is 0 Å². The van der Waals surface area contributed by atoms with Crippen LogP contribution in [0, 0.1) is 0 Å². The zero-order valence-electron chi connectivity index (χ0n) is 13.8. The minimum atomic E-state index is -3.62. The van der Waals surface area contributed by atoms with Gasteiger partial charge in [-0.1, -0.05) is 42.3 Å². The van der Waals surface area contributed by atoms with E-state index in [1.807, 2.05) is 19.1 Å². The molecule has 5 nitrogen and oxygen atoms in total. The quantitative estimate of drug-likeness (QED) is 0.797. The van der Waals surface area contributed by atoms with Crippen LogP contribution in [0.15, 0.2) is 42.5 Å². The maximum Gasteiger partial charge on any atom is 0.245 e. The molecular formula is C17H18Cl2N2O3S. The summed E-state index contributed by atoms with van der Waals surface area (Å²) in [5, 5.41) is 3.35. The molecule has 0 aliphatic carbocycles. The molecule has 2 aromatic rings. The maximum atomic E-state index is 12.3. The van der Waals surface area contributed by atoms with E-state index in [1.54, 1.807) is 12.1 Å². The molecule has 2 rings (SSSR count). The van der Waals surface area contributed by atoms with Crippen LogP contribution in [0.25, 0.3) is 0 Å². The number of nitrogens with zero attached hydrogens (tertiary/aromatic N) is 1. The largest absolute Gasteiger partial charge is 0.324 e. The van der Waals surface area contributed by atoms with E-state index in [9.17, 15) is 13.2 Å². The second-order valence-electron chi connectivity index (χ2n) is 5.50. The van der Waals surface area contributed by atoms with Crippen molar-refractivity contribution in [2.24, 2.45) is 0 Å². The van der Waals surface area contributed by atoms with Crippen LogP contribution in [0.5, 0.6) is 0 Å². The Morgan fingerprint density at radius 3 is 2.12 bits per heavy atom. The Labute approximate surface area is 157 Å². The molecule has 0 aliphatic rings. The average Bonchev–Trinajstić information content (AvgIpc) is 2.50. The zero-order chi connectivity index (χ0) is 18.6. The van der Waals surface area contributed by atoms with Crippen LogP contribution in [0.3, 0.4) is 0 Å². The van der Waals surface area contributed by atoms with Crippen LogP contribution < -0.4 is 9.62 Å². The average molecular weight is 401 g/mol. The topological polar surface area (TPSA) is 66.5 Å². The summed E-state index contributed by atoms with van der Waals surface area (Å²) in [7, 11) is -3.62. The number of anilines is 2. The number of aryl methyl sites for hydroxylation is 1. The number of carbonyl (C=O) groups excluding carboxylic acids is 1. The fourth-order valence-electron chi connectivity index (χ4n) is 2.25. The number of benzene rings is 2. The van der Waals surface area contributed by atoms with Crippen molar-refractivity contribution < 1.29 is 13.2 Å². The summed E-state index contributed by atoms with van der Waals surface area (Å²) >= 11 is 11.8. The first-order valence-corrected chi connectivity index (χ1v) is 10.1. The number of carbonyl (C=O) groups is 1. The van der Waals surface area contributed by atoms with Crippen molar-refractivity contribution in [3.05, 3.63) is 58.1 Å². The highest BCUT2D eigenvalue weighted by Crippen LogP contribution is 2.23. The Morgan fingerprint density at radius 2 is 1.64 bits per heavy atom. The third-order valence-corrected chi connectivity index (χ3v) is 5.04. The van der Waals surface area contributed by atoms with E-state index in [1.165, 1.54) is 18.2 Å². The van der Waals surface area contributed by atoms with E-state index in [0.29, 0.717) is 21.4 Å². The SMILES string of the molecule is CCc1ccc(N(CC(=O)Nc2cc(Cl)cc(Cl)c2)S(C)(=O)=O)cc1. The van der Waals surface area contributed by atoms with Gasteiger partial charge in [0.1, 0.15) is 6.54 Å². The van der Waals surface area contributed by atoms with Gasteiger partial charge < -0.3 is 5.32 Å². The van der Waals surface area contributed by atoms with E-state index >= 15 is 0 Å². The van der Waals surface area contributed by atoms with Crippen molar-refractivity contribution in [1.29, 1.82) is 0 Å². The standard InChI is InChI=1S/C17H18Cl2N2O3S/c1-3-12-4-6-16(7-5-12)21(25(2,23)24)11-17(22)20-15-9-13(18)8-14(19)10-15/h4-10H,3,11H2,1-2H3,(H,20,22). The molecule has 0 spiro atoms. The number of rotatable bonds is 6. The number of amides is 1. The number of halogens is 2. The smallest absolute Gasteiger partial charge is 0.245 e. The van der Waals surface area contributed by atoms with Gasteiger partial charge in [-0.3, -0.25) is 9.10 Å². The van der Waals surface area contributed by atoms with Gasteiger partial charge >= 0.3 is 0 Å². The summed E-state index contributed by atoms with van der Waals surface area (Å²) in [5.74, 6) is -0.497. The van der Waals surface area contributed by atoms with Crippen LogP contribution in [0.1, 0.15) is 12.5 Å². The molecule has 0 aliphatic heterocycles. The van der Waals surface area contributed by atoms with Crippen molar-refractivity contribution >= 4 is 50.5 Å². The summed E-state index contributed by atoms with van der Waals surface area (Å²) < 4.78 is 25.2. The molecule has 0 aromatic heterocycles. The molecule has 1 amide bonds. The van der Waals surface area contributed by atoms with Crippen molar-refractivity contribution in [2.45, 2.75) is 13.3 Å². The molecule has 0 unspecified atom stereocenters. The van der Waals surface area contributed by atoms with Crippen molar-refractivity contribution in [2.75, 3.05) is 22.4 Å². The van der Waals surface area contributed by atoms with Crippen molar-refractivity contribution in [3.63, 3.8) is 0 Å².